The fraction of sp³-hybridized carbons (Fsp3) is 0.645. The van der Waals surface area contributed by atoms with Crippen LogP contribution in [0.25, 0.3) is 0 Å². The Morgan fingerprint density at radius 1 is 0.977 bits per heavy atom. The molecule has 0 unspecified atom stereocenters. The van der Waals surface area contributed by atoms with Gasteiger partial charge < -0.3 is 35.1 Å². The van der Waals surface area contributed by atoms with E-state index in [1.165, 1.54) is 0 Å². The Morgan fingerprint density at radius 3 is 2.40 bits per heavy atom. The Hall–Kier alpha value is -3.51. The van der Waals surface area contributed by atoms with Crippen LogP contribution < -0.4 is 16.0 Å². The highest BCUT2D eigenvalue weighted by atomic mass is 16.5. The van der Waals surface area contributed by atoms with Gasteiger partial charge in [-0.25, -0.2) is 4.79 Å². The lowest BCUT2D eigenvalue weighted by atomic mass is 9.84. The molecule has 0 bridgehead atoms. The van der Waals surface area contributed by atoms with Gasteiger partial charge in [-0.2, -0.15) is 0 Å². The standard InChI is InChI=1S/C31H46N4O8/c1-2-43-27(36)21-32-30(39)28(37)26(22-42-17-9-14-23-10-5-3-6-11-23)33-29(38)25(20-24-12-7-4-8-13-24)34-31(40)35-15-18-41-19-16-35/h3,5-6,10-11,24-26H,2,4,7-9,12-22H2,1H3,(H,32,39)(H,33,38)(H,34,40)/t25-,26-/m0/s1. The second kappa shape index (κ2) is 18.9. The zero-order chi connectivity index (χ0) is 30.9. The predicted octanol–water partition coefficient (Wildman–Crippen LogP) is 1.75. The molecule has 12 nitrogen and oxygen atoms in total. The first-order valence-electron chi connectivity index (χ1n) is 15.4. The lowest BCUT2D eigenvalue weighted by Gasteiger charge is -2.31. The van der Waals surface area contributed by atoms with Crippen LogP contribution in [0, 0.1) is 5.92 Å². The molecular weight excluding hydrogens is 556 g/mol. The Morgan fingerprint density at radius 2 is 1.70 bits per heavy atom. The largest absolute Gasteiger partial charge is 0.465 e. The summed E-state index contributed by atoms with van der Waals surface area (Å²) in [5.74, 6) is -2.97. The van der Waals surface area contributed by atoms with Crippen molar-refractivity contribution >= 4 is 29.6 Å². The number of amides is 4. The summed E-state index contributed by atoms with van der Waals surface area (Å²) in [5.41, 5.74) is 1.15. The number of ketones is 1. The number of hydrogen-bond acceptors (Lipinski definition) is 8. The summed E-state index contributed by atoms with van der Waals surface area (Å²) < 4.78 is 15.9. The van der Waals surface area contributed by atoms with Crippen LogP contribution in [0.3, 0.4) is 0 Å². The number of benzene rings is 1. The van der Waals surface area contributed by atoms with Gasteiger partial charge in [0.15, 0.2) is 0 Å². The zero-order valence-electron chi connectivity index (χ0n) is 25.1. The van der Waals surface area contributed by atoms with E-state index >= 15 is 0 Å². The summed E-state index contributed by atoms with van der Waals surface area (Å²) in [6.45, 7) is 3.04. The maximum Gasteiger partial charge on any atom is 0.325 e. The molecule has 1 aliphatic heterocycles. The molecule has 1 aromatic carbocycles. The molecular formula is C31H46N4O8. The van der Waals surface area contributed by atoms with Gasteiger partial charge in [0, 0.05) is 19.7 Å². The van der Waals surface area contributed by atoms with Crippen LogP contribution in [0.1, 0.15) is 57.4 Å². The SMILES string of the molecule is CCOC(=O)CNC(=O)C(=O)[C@H](COCCCc1ccccc1)NC(=O)[C@H](CC1CCCCC1)NC(=O)N1CCOCC1. The van der Waals surface area contributed by atoms with E-state index in [9.17, 15) is 24.0 Å². The predicted molar refractivity (Wildman–Crippen MR) is 158 cm³/mol. The minimum atomic E-state index is -1.31. The van der Waals surface area contributed by atoms with Crippen LogP contribution in [0.4, 0.5) is 4.79 Å². The number of nitrogens with one attached hydrogen (secondary N) is 3. The minimum Gasteiger partial charge on any atom is -0.465 e. The number of aryl methyl sites for hydroxylation is 1. The van der Waals surface area contributed by atoms with Crippen molar-refractivity contribution in [3.8, 4) is 0 Å². The Kier molecular flexibility index (Phi) is 14.9. The van der Waals surface area contributed by atoms with Gasteiger partial charge in [0.25, 0.3) is 5.91 Å². The van der Waals surface area contributed by atoms with Crippen molar-refractivity contribution in [2.24, 2.45) is 5.92 Å². The molecule has 1 aromatic rings. The average Bonchev–Trinajstić information content (AvgIpc) is 3.03. The third-order valence-electron chi connectivity index (χ3n) is 7.64. The van der Waals surface area contributed by atoms with E-state index in [4.69, 9.17) is 14.2 Å². The monoisotopic (exact) mass is 602 g/mol. The van der Waals surface area contributed by atoms with Gasteiger partial charge in [0.05, 0.1) is 26.4 Å². The van der Waals surface area contributed by atoms with Crippen molar-refractivity contribution in [3.05, 3.63) is 35.9 Å². The van der Waals surface area contributed by atoms with Crippen molar-refractivity contribution < 1.29 is 38.2 Å². The third kappa shape index (κ3) is 12.3. The van der Waals surface area contributed by atoms with Crippen molar-refractivity contribution in [1.29, 1.82) is 0 Å². The molecule has 1 saturated carbocycles. The first kappa shape index (κ1) is 34.0. The van der Waals surface area contributed by atoms with Crippen LogP contribution in [0.15, 0.2) is 30.3 Å². The number of urea groups is 1. The van der Waals surface area contributed by atoms with Crippen LogP contribution >= 0.6 is 0 Å². The van der Waals surface area contributed by atoms with Gasteiger partial charge in [-0.3, -0.25) is 19.2 Å². The lowest BCUT2D eigenvalue weighted by Crippen LogP contribution is -2.58. The number of carbonyl (C=O) groups is 5. The van der Waals surface area contributed by atoms with E-state index in [-0.39, 0.29) is 25.2 Å². The van der Waals surface area contributed by atoms with Gasteiger partial charge in [0.1, 0.15) is 18.6 Å². The van der Waals surface area contributed by atoms with E-state index in [2.05, 4.69) is 16.0 Å². The fourth-order valence-corrected chi connectivity index (χ4v) is 5.28. The normalized spacial score (nSPS) is 16.9. The van der Waals surface area contributed by atoms with Gasteiger partial charge >= 0.3 is 12.0 Å². The third-order valence-corrected chi connectivity index (χ3v) is 7.64. The van der Waals surface area contributed by atoms with Crippen molar-refractivity contribution in [1.82, 2.24) is 20.9 Å². The van der Waals surface area contributed by atoms with E-state index in [1.807, 2.05) is 30.3 Å². The number of rotatable bonds is 16. The quantitative estimate of drug-likeness (QED) is 0.147. The second-order valence-electron chi connectivity index (χ2n) is 10.9. The van der Waals surface area contributed by atoms with Crippen LogP contribution in [0.5, 0.6) is 0 Å². The van der Waals surface area contributed by atoms with Crippen molar-refractivity contribution in [2.45, 2.75) is 70.4 Å². The van der Waals surface area contributed by atoms with Crippen molar-refractivity contribution in [2.75, 3.05) is 52.7 Å². The molecule has 1 heterocycles. The topological polar surface area (TPSA) is 152 Å². The highest BCUT2D eigenvalue weighted by molar-refractivity contribution is 6.38. The summed E-state index contributed by atoms with van der Waals surface area (Å²) in [7, 11) is 0. The summed E-state index contributed by atoms with van der Waals surface area (Å²) >= 11 is 0. The molecule has 0 radical (unpaired) electrons. The lowest BCUT2D eigenvalue weighted by molar-refractivity contribution is -0.145. The van der Waals surface area contributed by atoms with E-state index in [0.29, 0.717) is 45.8 Å². The smallest absolute Gasteiger partial charge is 0.325 e. The molecule has 1 saturated heterocycles. The molecule has 4 amide bonds. The summed E-state index contributed by atoms with van der Waals surface area (Å²) in [6.07, 6.45) is 7.06. The molecule has 3 N–H and O–H groups in total. The highest BCUT2D eigenvalue weighted by Crippen LogP contribution is 2.27. The zero-order valence-corrected chi connectivity index (χ0v) is 25.1. The molecule has 3 rings (SSSR count). The summed E-state index contributed by atoms with van der Waals surface area (Å²) in [5, 5.41) is 7.79. The van der Waals surface area contributed by atoms with Crippen LogP contribution in [-0.4, -0.2) is 99.3 Å². The maximum absolute atomic E-state index is 13.6. The Bertz CT molecular complexity index is 1040. The van der Waals surface area contributed by atoms with E-state index < -0.39 is 42.2 Å². The van der Waals surface area contributed by atoms with Crippen LogP contribution in [0.2, 0.25) is 0 Å². The number of Topliss-reactive ketones (excluding diaryl/α,β-unsaturated/α-hetero) is 1. The molecule has 1 aliphatic carbocycles. The van der Waals surface area contributed by atoms with Gasteiger partial charge in [-0.15, -0.1) is 0 Å². The summed E-state index contributed by atoms with van der Waals surface area (Å²) in [6, 6.07) is 7.31. The molecule has 12 heteroatoms. The Balaban J connectivity index is 1.65. The Labute approximate surface area is 253 Å². The van der Waals surface area contributed by atoms with Gasteiger partial charge in [-0.05, 0) is 37.7 Å². The first-order chi connectivity index (χ1) is 20.9. The van der Waals surface area contributed by atoms with E-state index in [1.54, 1.807) is 11.8 Å². The minimum absolute atomic E-state index is 0.136. The van der Waals surface area contributed by atoms with E-state index in [0.717, 1.165) is 44.1 Å². The summed E-state index contributed by atoms with van der Waals surface area (Å²) in [4.78, 5) is 65.7. The molecule has 2 atom stereocenters. The molecule has 43 heavy (non-hydrogen) atoms. The molecule has 2 aliphatic rings. The second-order valence-corrected chi connectivity index (χ2v) is 10.9. The number of ether oxygens (including phenoxy) is 3. The van der Waals surface area contributed by atoms with Crippen molar-refractivity contribution in [3.63, 3.8) is 0 Å². The number of hydrogen-bond donors (Lipinski definition) is 3. The number of morpholine rings is 1. The molecule has 0 spiro atoms. The van der Waals surface area contributed by atoms with Gasteiger partial charge in [0.2, 0.25) is 11.7 Å². The molecule has 2 fully saturated rings. The number of esters is 1. The molecule has 238 valence electrons. The highest BCUT2D eigenvalue weighted by Gasteiger charge is 2.33. The molecule has 0 aromatic heterocycles. The van der Waals surface area contributed by atoms with Crippen LogP contribution in [-0.2, 0) is 39.8 Å². The van der Waals surface area contributed by atoms with Gasteiger partial charge in [-0.1, -0.05) is 62.4 Å². The number of carbonyl (C=O) groups excluding carboxylic acids is 5. The number of nitrogens with zero attached hydrogens (tertiary/aromatic N) is 1. The fourth-order valence-electron chi connectivity index (χ4n) is 5.28. The maximum atomic E-state index is 13.6. The first-order valence-corrected chi connectivity index (χ1v) is 15.4. The average molecular weight is 603 g/mol.